The van der Waals surface area contributed by atoms with Crippen molar-refractivity contribution >= 4 is 5.91 Å². The van der Waals surface area contributed by atoms with Gasteiger partial charge in [-0.25, -0.2) is 4.79 Å². The number of carbonyl (C=O) groups excluding carboxylic acids is 1. The number of H-pyrrole nitrogens is 1. The van der Waals surface area contributed by atoms with E-state index in [4.69, 9.17) is 0 Å². The number of imidazole rings is 1. The molecule has 1 saturated heterocycles. The first-order valence-corrected chi connectivity index (χ1v) is 7.29. The molecule has 112 valence electrons. The molecule has 1 N–H and O–H groups in total. The summed E-state index contributed by atoms with van der Waals surface area (Å²) in [6.07, 6.45) is 0.393. The highest BCUT2D eigenvalue weighted by Crippen LogP contribution is 2.06. The molecule has 0 bridgehead atoms. The smallest absolute Gasteiger partial charge is 0.325 e. The van der Waals surface area contributed by atoms with Crippen molar-refractivity contribution < 1.29 is 4.79 Å². The van der Waals surface area contributed by atoms with E-state index in [0.717, 1.165) is 44.1 Å². The minimum Gasteiger partial charge on any atom is -0.340 e. The Morgan fingerprint density at radius 2 is 1.85 bits per heavy atom. The molecule has 1 fully saturated rings. The topological polar surface area (TPSA) is 61.3 Å². The molecule has 0 atom stereocenters. The lowest BCUT2D eigenvalue weighted by Crippen LogP contribution is -2.48. The van der Waals surface area contributed by atoms with Gasteiger partial charge in [0.15, 0.2) is 0 Å². The highest BCUT2D eigenvalue weighted by atomic mass is 16.2. The Hall–Kier alpha value is -1.56. The first kappa shape index (κ1) is 14.8. The third-order valence-corrected chi connectivity index (χ3v) is 4.21. The summed E-state index contributed by atoms with van der Waals surface area (Å²) in [5.41, 5.74) is 1.67. The zero-order valence-electron chi connectivity index (χ0n) is 12.6. The number of likely N-dealkylation sites (N-methyl/N-ethyl adjacent to an activating group) is 1. The number of piperazine rings is 1. The molecule has 0 spiro atoms. The molecule has 6 nitrogen and oxygen atoms in total. The maximum atomic E-state index is 12.2. The number of rotatable bonds is 4. The molecular formula is C14H24N4O2. The van der Waals surface area contributed by atoms with Crippen LogP contribution in [0.2, 0.25) is 0 Å². The summed E-state index contributed by atoms with van der Waals surface area (Å²) in [7, 11) is 0. The summed E-state index contributed by atoms with van der Waals surface area (Å²) in [6.45, 7) is 10.9. The average Bonchev–Trinajstić information content (AvgIpc) is 2.70. The fraction of sp³-hybridized carbons (Fsp3) is 0.714. The van der Waals surface area contributed by atoms with Gasteiger partial charge in [0.05, 0.1) is 0 Å². The number of aryl methyl sites for hydroxylation is 1. The van der Waals surface area contributed by atoms with Crippen LogP contribution < -0.4 is 5.69 Å². The molecule has 1 aromatic rings. The SMILES string of the molecule is CCN1CCN(C(=O)CCn2c(C)c(C)[nH]c2=O)CC1. The third-order valence-electron chi connectivity index (χ3n) is 4.21. The molecule has 0 saturated carbocycles. The van der Waals surface area contributed by atoms with Crippen molar-refractivity contribution in [3.8, 4) is 0 Å². The largest absolute Gasteiger partial charge is 0.340 e. The van der Waals surface area contributed by atoms with E-state index in [9.17, 15) is 9.59 Å². The van der Waals surface area contributed by atoms with E-state index in [-0.39, 0.29) is 11.6 Å². The summed E-state index contributed by atoms with van der Waals surface area (Å²) >= 11 is 0. The quantitative estimate of drug-likeness (QED) is 0.865. The van der Waals surface area contributed by atoms with Gasteiger partial charge in [0.2, 0.25) is 5.91 Å². The van der Waals surface area contributed by atoms with Gasteiger partial charge < -0.3 is 14.8 Å². The van der Waals surface area contributed by atoms with Crippen LogP contribution in [0.3, 0.4) is 0 Å². The molecule has 1 aliphatic heterocycles. The number of nitrogens with zero attached hydrogens (tertiary/aromatic N) is 3. The summed E-state index contributed by atoms with van der Waals surface area (Å²) < 4.78 is 1.65. The number of carbonyl (C=O) groups is 1. The number of nitrogens with one attached hydrogen (secondary N) is 1. The maximum Gasteiger partial charge on any atom is 0.325 e. The van der Waals surface area contributed by atoms with Crippen molar-refractivity contribution in [1.29, 1.82) is 0 Å². The van der Waals surface area contributed by atoms with Gasteiger partial charge in [-0.3, -0.25) is 9.36 Å². The lowest BCUT2D eigenvalue weighted by Gasteiger charge is -2.34. The van der Waals surface area contributed by atoms with E-state index in [1.54, 1.807) is 4.57 Å². The van der Waals surface area contributed by atoms with Crippen LogP contribution in [0.1, 0.15) is 24.7 Å². The monoisotopic (exact) mass is 280 g/mol. The summed E-state index contributed by atoms with van der Waals surface area (Å²) in [6, 6.07) is 0. The van der Waals surface area contributed by atoms with Gasteiger partial charge >= 0.3 is 5.69 Å². The fourth-order valence-corrected chi connectivity index (χ4v) is 2.62. The molecule has 0 aliphatic carbocycles. The fourth-order valence-electron chi connectivity index (χ4n) is 2.62. The summed E-state index contributed by atoms with van der Waals surface area (Å²) in [5, 5.41) is 0. The van der Waals surface area contributed by atoms with E-state index in [1.807, 2.05) is 18.7 Å². The second kappa shape index (κ2) is 6.26. The lowest BCUT2D eigenvalue weighted by molar-refractivity contribution is -0.133. The van der Waals surface area contributed by atoms with Crippen LogP contribution in [-0.4, -0.2) is 58.0 Å². The van der Waals surface area contributed by atoms with E-state index in [0.29, 0.717) is 13.0 Å². The molecule has 20 heavy (non-hydrogen) atoms. The zero-order chi connectivity index (χ0) is 14.7. The first-order chi connectivity index (χ1) is 9.52. The van der Waals surface area contributed by atoms with Crippen molar-refractivity contribution in [1.82, 2.24) is 19.4 Å². The zero-order valence-corrected chi connectivity index (χ0v) is 12.6. The Morgan fingerprint density at radius 1 is 1.20 bits per heavy atom. The Morgan fingerprint density at radius 3 is 2.35 bits per heavy atom. The van der Waals surface area contributed by atoms with Gasteiger partial charge in [0.25, 0.3) is 0 Å². The second-order valence-corrected chi connectivity index (χ2v) is 5.36. The summed E-state index contributed by atoms with van der Waals surface area (Å²) in [4.78, 5) is 30.9. The number of hydrogen-bond acceptors (Lipinski definition) is 3. The van der Waals surface area contributed by atoms with E-state index in [2.05, 4.69) is 16.8 Å². The number of aromatic nitrogens is 2. The molecule has 6 heteroatoms. The predicted molar refractivity (Wildman–Crippen MR) is 77.8 cm³/mol. The van der Waals surface area contributed by atoms with Crippen LogP contribution in [0, 0.1) is 13.8 Å². The van der Waals surface area contributed by atoms with E-state index in [1.165, 1.54) is 0 Å². The number of hydrogen-bond donors (Lipinski definition) is 1. The third kappa shape index (κ3) is 3.12. The van der Waals surface area contributed by atoms with Gasteiger partial charge in [0.1, 0.15) is 0 Å². The normalized spacial score (nSPS) is 16.6. The van der Waals surface area contributed by atoms with Crippen LogP contribution in [0.4, 0.5) is 0 Å². The van der Waals surface area contributed by atoms with Crippen molar-refractivity contribution in [2.45, 2.75) is 33.7 Å². The first-order valence-electron chi connectivity index (χ1n) is 7.29. The van der Waals surface area contributed by atoms with Gasteiger partial charge in [-0.05, 0) is 20.4 Å². The van der Waals surface area contributed by atoms with E-state index < -0.39 is 0 Å². The highest BCUT2D eigenvalue weighted by Gasteiger charge is 2.20. The Balaban J connectivity index is 1.88. The van der Waals surface area contributed by atoms with Gasteiger partial charge in [-0.1, -0.05) is 6.92 Å². The average molecular weight is 280 g/mol. The minimum atomic E-state index is -0.122. The standard InChI is InChI=1S/C14H24N4O2/c1-4-16-7-9-17(10-8-16)13(19)5-6-18-12(3)11(2)15-14(18)20/h4-10H2,1-3H3,(H,15,20). The van der Waals surface area contributed by atoms with Crippen molar-refractivity contribution in [3.63, 3.8) is 0 Å². The van der Waals surface area contributed by atoms with Crippen LogP contribution in [0.15, 0.2) is 4.79 Å². The molecule has 2 heterocycles. The molecule has 1 amide bonds. The molecular weight excluding hydrogens is 256 g/mol. The van der Waals surface area contributed by atoms with Crippen LogP contribution in [-0.2, 0) is 11.3 Å². The lowest BCUT2D eigenvalue weighted by atomic mass is 10.2. The number of aromatic amines is 1. The van der Waals surface area contributed by atoms with Crippen LogP contribution in [0.5, 0.6) is 0 Å². The Kier molecular flexibility index (Phi) is 4.65. The molecule has 0 aromatic carbocycles. The molecule has 2 rings (SSSR count). The predicted octanol–water partition coefficient (Wildman–Crippen LogP) is 0.347. The number of amides is 1. The van der Waals surface area contributed by atoms with Gasteiger partial charge in [-0.2, -0.15) is 0 Å². The van der Waals surface area contributed by atoms with Gasteiger partial charge in [-0.15, -0.1) is 0 Å². The van der Waals surface area contributed by atoms with Crippen molar-refractivity contribution in [2.75, 3.05) is 32.7 Å². The van der Waals surface area contributed by atoms with Crippen molar-refractivity contribution in [3.05, 3.63) is 21.9 Å². The van der Waals surface area contributed by atoms with Crippen molar-refractivity contribution in [2.24, 2.45) is 0 Å². The van der Waals surface area contributed by atoms with E-state index >= 15 is 0 Å². The van der Waals surface area contributed by atoms with Crippen LogP contribution >= 0.6 is 0 Å². The Labute approximate surface area is 119 Å². The van der Waals surface area contributed by atoms with Crippen LogP contribution in [0.25, 0.3) is 0 Å². The molecule has 1 aromatic heterocycles. The molecule has 1 aliphatic rings. The maximum absolute atomic E-state index is 12.2. The molecule has 0 radical (unpaired) electrons. The highest BCUT2D eigenvalue weighted by molar-refractivity contribution is 5.76. The summed E-state index contributed by atoms with van der Waals surface area (Å²) in [5.74, 6) is 0.144. The minimum absolute atomic E-state index is 0.122. The Bertz CT molecular complexity index is 524. The molecule has 0 unspecified atom stereocenters. The second-order valence-electron chi connectivity index (χ2n) is 5.36. The van der Waals surface area contributed by atoms with Gasteiger partial charge in [0, 0.05) is 50.5 Å².